The van der Waals surface area contributed by atoms with Crippen LogP contribution in [0.4, 0.5) is 0 Å². The van der Waals surface area contributed by atoms with Crippen molar-refractivity contribution in [2.45, 2.75) is 6.92 Å². The second kappa shape index (κ2) is 4.93. The molecule has 0 saturated carbocycles. The summed E-state index contributed by atoms with van der Waals surface area (Å²) in [5.74, 6) is -0.963. The third-order valence-corrected chi connectivity index (χ3v) is 3.13. The zero-order valence-electron chi connectivity index (χ0n) is 9.25. The van der Waals surface area contributed by atoms with Crippen molar-refractivity contribution in [2.24, 2.45) is 0 Å². The van der Waals surface area contributed by atoms with E-state index in [1.165, 1.54) is 23.0 Å². The largest absolute Gasteiger partial charge is 0.478 e. The quantitative estimate of drug-likeness (QED) is 0.845. The van der Waals surface area contributed by atoms with Crippen LogP contribution < -0.4 is 0 Å². The lowest BCUT2D eigenvalue weighted by Gasteiger charge is -1.96. The number of hydrogen-bond donors (Lipinski definition) is 1. The van der Waals surface area contributed by atoms with E-state index in [9.17, 15) is 4.79 Å². The zero-order chi connectivity index (χ0) is 12.3. The van der Waals surface area contributed by atoms with Crippen LogP contribution in [0.1, 0.15) is 11.3 Å². The molecule has 0 atom stereocenters. The molecule has 1 heterocycles. The molecule has 0 saturated heterocycles. The van der Waals surface area contributed by atoms with E-state index in [4.69, 9.17) is 5.11 Å². The number of aliphatic carboxylic acids is 1. The minimum absolute atomic E-state index is 0.674. The summed E-state index contributed by atoms with van der Waals surface area (Å²) in [4.78, 5) is 14.7. The third-order valence-electron chi connectivity index (χ3n) is 2.22. The number of carbonyl (C=O) groups is 1. The van der Waals surface area contributed by atoms with Gasteiger partial charge in [0.25, 0.3) is 0 Å². The fourth-order valence-electron chi connectivity index (χ4n) is 1.35. The van der Waals surface area contributed by atoms with Crippen LogP contribution in [0, 0.1) is 6.92 Å². The Bertz CT molecular complexity index is 555. The summed E-state index contributed by atoms with van der Waals surface area (Å²) in [6.45, 7) is 2.03. The number of aromatic nitrogens is 1. The number of nitrogens with zero attached hydrogens (tertiary/aromatic N) is 1. The first kappa shape index (κ1) is 11.5. The highest BCUT2D eigenvalue weighted by molar-refractivity contribution is 7.13. The molecule has 2 rings (SSSR count). The Hall–Kier alpha value is -1.94. The lowest BCUT2D eigenvalue weighted by Crippen LogP contribution is -1.85. The maximum atomic E-state index is 10.4. The molecule has 0 fully saturated rings. The van der Waals surface area contributed by atoms with E-state index < -0.39 is 5.97 Å². The van der Waals surface area contributed by atoms with E-state index >= 15 is 0 Å². The second-order valence-corrected chi connectivity index (χ2v) is 4.47. The van der Waals surface area contributed by atoms with Crippen molar-refractivity contribution >= 4 is 23.4 Å². The van der Waals surface area contributed by atoms with Crippen molar-refractivity contribution in [3.63, 3.8) is 0 Å². The SMILES string of the molecule is Cc1ccc(-c2nc(/C=C/C(=O)O)cs2)cc1. The van der Waals surface area contributed by atoms with Crippen LogP contribution in [-0.4, -0.2) is 16.1 Å². The van der Waals surface area contributed by atoms with Crippen LogP contribution in [0.3, 0.4) is 0 Å². The van der Waals surface area contributed by atoms with Gasteiger partial charge in [0.2, 0.25) is 0 Å². The number of hydrogen-bond acceptors (Lipinski definition) is 3. The molecular formula is C13H11NO2S. The smallest absolute Gasteiger partial charge is 0.328 e. The molecule has 4 heteroatoms. The predicted molar refractivity (Wildman–Crippen MR) is 69.0 cm³/mol. The first-order valence-corrected chi connectivity index (χ1v) is 5.97. The Morgan fingerprint density at radius 2 is 2.06 bits per heavy atom. The van der Waals surface area contributed by atoms with E-state index in [1.807, 2.05) is 36.6 Å². The van der Waals surface area contributed by atoms with E-state index in [0.717, 1.165) is 16.6 Å². The number of thiazole rings is 1. The number of carboxylic acids is 1. The van der Waals surface area contributed by atoms with Gasteiger partial charge in [0.15, 0.2) is 0 Å². The Morgan fingerprint density at radius 1 is 1.35 bits per heavy atom. The lowest BCUT2D eigenvalue weighted by atomic mass is 10.2. The minimum atomic E-state index is -0.963. The molecule has 1 aromatic heterocycles. The van der Waals surface area contributed by atoms with E-state index in [-0.39, 0.29) is 0 Å². The van der Waals surface area contributed by atoms with Gasteiger partial charge in [0.05, 0.1) is 5.69 Å². The summed E-state index contributed by atoms with van der Waals surface area (Å²) in [6, 6.07) is 8.09. The Balaban J connectivity index is 2.23. The molecule has 2 aromatic rings. The van der Waals surface area contributed by atoms with E-state index in [0.29, 0.717) is 5.69 Å². The van der Waals surface area contributed by atoms with Crippen LogP contribution in [-0.2, 0) is 4.79 Å². The standard InChI is InChI=1S/C13H11NO2S/c1-9-2-4-10(5-3-9)13-14-11(8-17-13)6-7-12(15)16/h2-8H,1H3,(H,15,16)/b7-6+. The predicted octanol–water partition coefficient (Wildman–Crippen LogP) is 3.22. The van der Waals surface area contributed by atoms with Gasteiger partial charge >= 0.3 is 5.97 Å². The molecule has 0 unspecified atom stereocenters. The highest BCUT2D eigenvalue weighted by Gasteiger charge is 2.02. The topological polar surface area (TPSA) is 50.2 Å². The van der Waals surface area contributed by atoms with Gasteiger partial charge in [0, 0.05) is 17.0 Å². The van der Waals surface area contributed by atoms with Crippen LogP contribution in [0.2, 0.25) is 0 Å². The maximum Gasteiger partial charge on any atom is 0.328 e. The molecule has 86 valence electrons. The Kier molecular flexibility index (Phi) is 3.35. The van der Waals surface area contributed by atoms with Crippen molar-refractivity contribution in [1.82, 2.24) is 4.98 Å². The van der Waals surface area contributed by atoms with Crippen molar-refractivity contribution in [2.75, 3.05) is 0 Å². The molecular weight excluding hydrogens is 234 g/mol. The number of rotatable bonds is 3. The normalized spacial score (nSPS) is 10.9. The molecule has 3 nitrogen and oxygen atoms in total. The highest BCUT2D eigenvalue weighted by atomic mass is 32.1. The Morgan fingerprint density at radius 3 is 2.71 bits per heavy atom. The van der Waals surface area contributed by atoms with Crippen LogP contribution in [0.5, 0.6) is 0 Å². The first-order valence-electron chi connectivity index (χ1n) is 5.09. The van der Waals surface area contributed by atoms with Crippen LogP contribution >= 0.6 is 11.3 Å². The van der Waals surface area contributed by atoms with Crippen LogP contribution in [0.25, 0.3) is 16.6 Å². The van der Waals surface area contributed by atoms with Crippen LogP contribution in [0.15, 0.2) is 35.7 Å². The molecule has 1 N–H and O–H groups in total. The molecule has 0 aliphatic carbocycles. The van der Waals surface area contributed by atoms with E-state index in [1.54, 1.807) is 0 Å². The zero-order valence-corrected chi connectivity index (χ0v) is 10.1. The Labute approximate surface area is 103 Å². The molecule has 0 aliphatic heterocycles. The van der Waals surface area contributed by atoms with Gasteiger partial charge in [-0.2, -0.15) is 0 Å². The van der Waals surface area contributed by atoms with Crippen molar-refractivity contribution in [3.05, 3.63) is 47.0 Å². The van der Waals surface area contributed by atoms with Crippen molar-refractivity contribution in [1.29, 1.82) is 0 Å². The van der Waals surface area contributed by atoms with Gasteiger partial charge < -0.3 is 5.11 Å². The van der Waals surface area contributed by atoms with Gasteiger partial charge in [-0.25, -0.2) is 9.78 Å². The minimum Gasteiger partial charge on any atom is -0.478 e. The lowest BCUT2D eigenvalue weighted by molar-refractivity contribution is -0.131. The summed E-state index contributed by atoms with van der Waals surface area (Å²) >= 11 is 1.50. The molecule has 0 amide bonds. The molecule has 0 bridgehead atoms. The molecule has 17 heavy (non-hydrogen) atoms. The third kappa shape index (κ3) is 3.01. The highest BCUT2D eigenvalue weighted by Crippen LogP contribution is 2.24. The van der Waals surface area contributed by atoms with Gasteiger partial charge in [-0.15, -0.1) is 11.3 Å². The summed E-state index contributed by atoms with van der Waals surface area (Å²) in [7, 11) is 0. The molecule has 1 aromatic carbocycles. The average molecular weight is 245 g/mol. The second-order valence-electron chi connectivity index (χ2n) is 3.62. The van der Waals surface area contributed by atoms with Gasteiger partial charge in [-0.1, -0.05) is 29.8 Å². The number of carboxylic acid groups (broad SMARTS) is 1. The van der Waals surface area contributed by atoms with E-state index in [2.05, 4.69) is 4.98 Å². The average Bonchev–Trinajstić information content (AvgIpc) is 2.76. The van der Waals surface area contributed by atoms with Gasteiger partial charge in [-0.3, -0.25) is 0 Å². The summed E-state index contributed by atoms with van der Waals surface area (Å²) in [5.41, 5.74) is 2.93. The van der Waals surface area contributed by atoms with Crippen molar-refractivity contribution in [3.8, 4) is 10.6 Å². The maximum absolute atomic E-state index is 10.4. The fourth-order valence-corrected chi connectivity index (χ4v) is 2.14. The first-order chi connectivity index (χ1) is 8.15. The number of aryl methyl sites for hydroxylation is 1. The summed E-state index contributed by atoms with van der Waals surface area (Å²) < 4.78 is 0. The molecule has 0 radical (unpaired) electrons. The molecule has 0 aliphatic rings. The molecule has 0 spiro atoms. The summed E-state index contributed by atoms with van der Waals surface area (Å²) in [5, 5.41) is 11.3. The number of benzene rings is 1. The summed E-state index contributed by atoms with van der Waals surface area (Å²) in [6.07, 6.45) is 2.59. The van der Waals surface area contributed by atoms with Gasteiger partial charge in [0.1, 0.15) is 5.01 Å². The van der Waals surface area contributed by atoms with Gasteiger partial charge in [-0.05, 0) is 13.0 Å². The monoisotopic (exact) mass is 245 g/mol. The fraction of sp³-hybridized carbons (Fsp3) is 0.0769. The van der Waals surface area contributed by atoms with Crippen molar-refractivity contribution < 1.29 is 9.90 Å².